The molecule has 0 saturated heterocycles. The van der Waals surface area contributed by atoms with Gasteiger partial charge in [-0.05, 0) is 245 Å². The minimum absolute atomic E-state index is 0.0312. The fraction of sp³-hybridized carbons (Fsp3) is 0.321. The number of rotatable bonds is 8. The zero-order valence-corrected chi connectivity index (χ0v) is 68.9. The van der Waals surface area contributed by atoms with Gasteiger partial charge in [0.2, 0.25) is 0 Å². The van der Waals surface area contributed by atoms with Gasteiger partial charge in [-0.25, -0.2) is 0 Å². The second-order valence-electron chi connectivity index (χ2n) is 40.0. The summed E-state index contributed by atoms with van der Waals surface area (Å²) in [5.74, 6) is 0. The third kappa shape index (κ3) is 9.33. The average molecular weight is 1460 g/mol. The highest BCUT2D eigenvalue weighted by atomic mass is 15.3. The van der Waals surface area contributed by atoms with Crippen LogP contribution in [0.3, 0.4) is 0 Å². The first kappa shape index (κ1) is 69.9. The topological polar surface area (TPSA) is 13.0 Å². The van der Waals surface area contributed by atoms with E-state index < -0.39 is 5.41 Å². The molecule has 4 nitrogen and oxygen atoms in total. The van der Waals surface area contributed by atoms with Crippen molar-refractivity contribution in [1.29, 1.82) is 0 Å². The summed E-state index contributed by atoms with van der Waals surface area (Å²) in [7, 11) is 0. The van der Waals surface area contributed by atoms with E-state index in [1.54, 1.807) is 11.1 Å². The number of para-hydroxylation sites is 2. The Morgan fingerprint density at radius 1 is 0.339 bits per heavy atom. The minimum Gasteiger partial charge on any atom is -0.376 e. The lowest BCUT2D eigenvalue weighted by Gasteiger charge is -2.55. The fourth-order valence-corrected chi connectivity index (χ4v) is 23.9. The Bertz CT molecular complexity index is 5950. The van der Waals surface area contributed by atoms with Gasteiger partial charge >= 0.3 is 13.7 Å². The molecule has 12 aromatic rings. The number of hydrogen-bond acceptors (Lipinski definition) is 4. The van der Waals surface area contributed by atoms with Gasteiger partial charge in [-0.3, -0.25) is 0 Å². The molecule has 2 saturated carbocycles. The molecule has 4 unspecified atom stereocenters. The lowest BCUT2D eigenvalue weighted by atomic mass is 9.41. The van der Waals surface area contributed by atoms with Gasteiger partial charge in [0.25, 0.3) is 0 Å². The van der Waals surface area contributed by atoms with Gasteiger partial charge in [-0.1, -0.05) is 310 Å². The van der Waals surface area contributed by atoms with Gasteiger partial charge in [-0.15, -0.1) is 0 Å². The summed E-state index contributed by atoms with van der Waals surface area (Å²) < 4.78 is 0. The molecule has 4 atom stereocenters. The summed E-state index contributed by atoms with van der Waals surface area (Å²) in [4.78, 5) is 11.5. The Morgan fingerprint density at radius 2 is 0.839 bits per heavy atom. The van der Waals surface area contributed by atoms with Crippen LogP contribution in [-0.2, 0) is 44.3 Å². The van der Waals surface area contributed by atoms with E-state index in [0.29, 0.717) is 0 Å². The molecule has 21 rings (SSSR count). The maximum absolute atomic E-state index is 2.94. The number of nitrogens with zero attached hydrogens (tertiary/aromatic N) is 4. The number of benzene rings is 12. The first-order valence-corrected chi connectivity index (χ1v) is 42.2. The molecule has 7 heterocycles. The molecular weight excluding hydrogens is 1350 g/mol. The Labute approximate surface area is 667 Å². The largest absolute Gasteiger partial charge is 0.376 e. The molecule has 0 N–H and O–H groups in total. The number of aryl methyl sites for hydroxylation is 1. The summed E-state index contributed by atoms with van der Waals surface area (Å²) in [6, 6.07) is 97.1. The van der Waals surface area contributed by atoms with Gasteiger partial charge in [0, 0.05) is 67.5 Å². The molecule has 0 aromatic heterocycles. The van der Waals surface area contributed by atoms with Crippen LogP contribution in [0.25, 0.3) is 44.5 Å². The average Bonchev–Trinajstić information content (AvgIpc) is 1.49. The van der Waals surface area contributed by atoms with Gasteiger partial charge in [0.15, 0.2) is 0 Å². The maximum Gasteiger partial charge on any atom is 0.333 e. The summed E-state index contributed by atoms with van der Waals surface area (Å²) in [5.41, 5.74) is 42.2. The SMILES string of the molecule is Cc1ccccc1-c1cc2c3c(c1)N1c4c(cc(C(C)(C)C)cc4C4(C)CCCCC14C)B3N(c1ccc(C(C)(C)Cc3cccc(-c4cc5c6c(c4)N4c7c(cc(C(C)(C)C)cc7C7(C)CCCCC47C)B6N4c6ccccc6C(c6ccccc6)(c6ccccc6)c6cccc-5c64)c3)cc1)c1cc(C(C)(C)C)ccc1-2. The van der Waals surface area contributed by atoms with Gasteiger partial charge in [-0.2, -0.15) is 0 Å². The molecule has 2 aliphatic carbocycles. The van der Waals surface area contributed by atoms with E-state index in [0.717, 1.165) is 19.3 Å². The second-order valence-corrected chi connectivity index (χ2v) is 40.0. The normalized spacial score (nSPS) is 21.6. The summed E-state index contributed by atoms with van der Waals surface area (Å²) >= 11 is 0. The van der Waals surface area contributed by atoms with E-state index in [9.17, 15) is 0 Å². The quantitative estimate of drug-likeness (QED) is 0.141. The zero-order chi connectivity index (χ0) is 77.1. The summed E-state index contributed by atoms with van der Waals surface area (Å²) in [6.07, 6.45) is 10.5. The predicted molar refractivity (Wildman–Crippen MR) is 477 cm³/mol. The highest BCUT2D eigenvalue weighted by Crippen LogP contribution is 2.67. The Hall–Kier alpha value is -10.0. The molecule has 2 fully saturated rings. The van der Waals surface area contributed by atoms with Crippen molar-refractivity contribution in [3.63, 3.8) is 0 Å². The molecule has 0 amide bonds. The standard InChI is InChI=1S/C106H106B2N4/c1-66-33-23-24-40-78(66)70-57-81-79-50-47-74(98(2,3)4)64-90(79)111(107-87-62-75(99(5,6)7)60-85-96(87)110(92(59-70)93(81)107)105(16)54-30-28-51-102(85,105)13)77-48-45-71(46-49-77)101(11,12)65-67-34-31-35-68(55-67)69-56-82-80-41-32-43-84-95(80)112(89-44-26-25-42-83(89)106(84,72-36-19-17-20-37-72)73-38-21-18-22-39-73)108-88-63-76(100(8,9)10)61-86-97(88)109(91(58-69)94(82)108)104(15)53-29-27-52-103(86,104)14/h17-26,31-50,55-64H,27-30,51-54,65H2,1-16H3. The molecule has 9 aliphatic rings. The Kier molecular flexibility index (Phi) is 14.7. The van der Waals surface area contributed by atoms with Crippen LogP contribution in [-0.4, -0.2) is 24.8 Å². The first-order valence-electron chi connectivity index (χ1n) is 42.2. The third-order valence-corrected chi connectivity index (χ3v) is 30.3. The number of anilines is 8. The van der Waals surface area contributed by atoms with E-state index in [-0.39, 0.29) is 57.3 Å². The number of fused-ring (bicyclic) bond motifs is 16. The molecule has 12 aromatic carbocycles. The van der Waals surface area contributed by atoms with E-state index in [2.05, 4.69) is 373 Å². The van der Waals surface area contributed by atoms with Crippen molar-refractivity contribution in [3.8, 4) is 44.5 Å². The van der Waals surface area contributed by atoms with Crippen LogP contribution in [0, 0.1) is 6.92 Å². The molecule has 0 radical (unpaired) electrons. The lowest BCUT2D eigenvalue weighted by Crippen LogP contribution is -2.65. The fourth-order valence-electron chi connectivity index (χ4n) is 23.9. The summed E-state index contributed by atoms with van der Waals surface area (Å²) in [6.45, 7) is 39.4. The van der Waals surface area contributed by atoms with E-state index in [1.807, 2.05) is 0 Å². The Morgan fingerprint density at radius 3 is 1.44 bits per heavy atom. The molecule has 7 aliphatic heterocycles. The smallest absolute Gasteiger partial charge is 0.333 e. The van der Waals surface area contributed by atoms with Crippen LogP contribution in [0.2, 0.25) is 0 Å². The van der Waals surface area contributed by atoms with Crippen molar-refractivity contribution >= 4 is 81.0 Å². The molecular formula is C106H106B2N4. The second kappa shape index (κ2) is 23.6. The van der Waals surface area contributed by atoms with E-state index in [1.165, 1.54) is 206 Å². The molecule has 0 spiro atoms. The first-order chi connectivity index (χ1) is 53.6. The zero-order valence-electron chi connectivity index (χ0n) is 68.9. The van der Waals surface area contributed by atoms with Crippen molar-refractivity contribution in [1.82, 2.24) is 0 Å². The maximum atomic E-state index is 2.94. The number of hydrogen-bond donors (Lipinski definition) is 0. The van der Waals surface area contributed by atoms with Crippen LogP contribution in [0.1, 0.15) is 222 Å². The van der Waals surface area contributed by atoms with E-state index in [4.69, 9.17) is 0 Å². The monoisotopic (exact) mass is 1460 g/mol. The third-order valence-electron chi connectivity index (χ3n) is 30.3. The molecule has 112 heavy (non-hydrogen) atoms. The highest BCUT2D eigenvalue weighted by molar-refractivity contribution is 6.94. The van der Waals surface area contributed by atoms with Crippen molar-refractivity contribution in [2.75, 3.05) is 19.4 Å². The van der Waals surface area contributed by atoms with Crippen molar-refractivity contribution in [2.24, 2.45) is 0 Å². The van der Waals surface area contributed by atoms with Crippen LogP contribution in [0.4, 0.5) is 45.5 Å². The Balaban J connectivity index is 0.718. The van der Waals surface area contributed by atoms with Crippen LogP contribution >= 0.6 is 0 Å². The van der Waals surface area contributed by atoms with Gasteiger partial charge in [0.1, 0.15) is 0 Å². The summed E-state index contributed by atoms with van der Waals surface area (Å²) in [5, 5.41) is 0. The van der Waals surface area contributed by atoms with Gasteiger partial charge in [0.05, 0.1) is 16.5 Å². The molecule has 556 valence electrons. The van der Waals surface area contributed by atoms with Crippen LogP contribution < -0.4 is 41.3 Å². The molecule has 6 heteroatoms. The van der Waals surface area contributed by atoms with E-state index >= 15 is 0 Å². The minimum atomic E-state index is -0.599. The van der Waals surface area contributed by atoms with Gasteiger partial charge < -0.3 is 19.4 Å². The van der Waals surface area contributed by atoms with Crippen LogP contribution in [0.15, 0.2) is 243 Å². The van der Waals surface area contributed by atoms with Crippen LogP contribution in [0.5, 0.6) is 0 Å². The van der Waals surface area contributed by atoms with Crippen molar-refractivity contribution in [3.05, 3.63) is 309 Å². The lowest BCUT2D eigenvalue weighted by molar-refractivity contribution is 0.195. The van der Waals surface area contributed by atoms with Crippen molar-refractivity contribution in [2.45, 2.75) is 218 Å². The van der Waals surface area contributed by atoms with Crippen molar-refractivity contribution < 1.29 is 0 Å². The highest BCUT2D eigenvalue weighted by Gasteiger charge is 2.65. The predicted octanol–water partition coefficient (Wildman–Crippen LogP) is 24.4. The molecule has 0 bridgehead atoms.